The summed E-state index contributed by atoms with van der Waals surface area (Å²) in [6.45, 7) is 0. The van der Waals surface area contributed by atoms with Crippen molar-refractivity contribution in [2.75, 3.05) is 5.32 Å². The highest BCUT2D eigenvalue weighted by atomic mass is 19.4. The van der Waals surface area contributed by atoms with Gasteiger partial charge in [0.1, 0.15) is 5.82 Å². The third-order valence-corrected chi connectivity index (χ3v) is 2.79. The van der Waals surface area contributed by atoms with Gasteiger partial charge in [-0.05, 0) is 18.6 Å². The molecule has 0 saturated heterocycles. The summed E-state index contributed by atoms with van der Waals surface area (Å²) < 4.78 is 36.8. The van der Waals surface area contributed by atoms with Crippen molar-refractivity contribution in [3.63, 3.8) is 0 Å². The van der Waals surface area contributed by atoms with E-state index in [9.17, 15) is 22.8 Å². The Balaban J connectivity index is 1.97. The average molecular weight is 274 g/mol. The summed E-state index contributed by atoms with van der Waals surface area (Å²) in [6.07, 6.45) is -3.64. The minimum absolute atomic E-state index is 0.0333. The van der Waals surface area contributed by atoms with Crippen LogP contribution in [0.1, 0.15) is 12.0 Å². The zero-order valence-electron chi connectivity index (χ0n) is 9.44. The molecule has 0 aliphatic heterocycles. The number of hydrogen-bond donors (Lipinski definition) is 2. The highest BCUT2D eigenvalue weighted by Gasteiger charge is 2.48. The first-order chi connectivity index (χ1) is 8.79. The van der Waals surface area contributed by atoms with Crippen molar-refractivity contribution in [2.45, 2.75) is 12.6 Å². The molecule has 0 unspecified atom stereocenters. The van der Waals surface area contributed by atoms with Gasteiger partial charge in [-0.3, -0.25) is 9.59 Å². The number of carboxylic acids is 1. The van der Waals surface area contributed by atoms with E-state index in [4.69, 9.17) is 5.11 Å². The van der Waals surface area contributed by atoms with Crippen LogP contribution in [-0.4, -0.2) is 22.0 Å². The van der Waals surface area contributed by atoms with E-state index < -0.39 is 35.5 Å². The zero-order valence-corrected chi connectivity index (χ0v) is 9.44. The van der Waals surface area contributed by atoms with Crippen LogP contribution in [0.15, 0.2) is 18.3 Å². The lowest BCUT2D eigenvalue weighted by atomic mass is 10.2. The van der Waals surface area contributed by atoms with Crippen molar-refractivity contribution >= 4 is 17.7 Å². The monoisotopic (exact) mass is 274 g/mol. The predicted octanol–water partition coefficient (Wildman–Crippen LogP) is 1.76. The molecule has 5 nitrogen and oxygen atoms in total. The Hall–Kier alpha value is -2.12. The second-order valence-corrected chi connectivity index (χ2v) is 4.21. The van der Waals surface area contributed by atoms with Gasteiger partial charge >= 0.3 is 12.1 Å². The van der Waals surface area contributed by atoms with E-state index in [0.29, 0.717) is 6.20 Å². The van der Waals surface area contributed by atoms with Gasteiger partial charge in [-0.15, -0.1) is 0 Å². The third-order valence-electron chi connectivity index (χ3n) is 2.79. The van der Waals surface area contributed by atoms with Crippen LogP contribution in [0, 0.1) is 11.8 Å². The van der Waals surface area contributed by atoms with E-state index >= 15 is 0 Å². The number of carbonyl (C=O) groups excluding carboxylic acids is 1. The van der Waals surface area contributed by atoms with Crippen molar-refractivity contribution in [1.82, 2.24) is 4.98 Å². The van der Waals surface area contributed by atoms with Gasteiger partial charge < -0.3 is 10.4 Å². The number of halogens is 3. The molecule has 1 aromatic rings. The minimum Gasteiger partial charge on any atom is -0.481 e. The fourth-order valence-corrected chi connectivity index (χ4v) is 1.61. The first kappa shape index (κ1) is 13.3. The Morgan fingerprint density at radius 3 is 2.42 bits per heavy atom. The molecule has 1 aliphatic rings. The lowest BCUT2D eigenvalue weighted by Crippen LogP contribution is -2.17. The van der Waals surface area contributed by atoms with Crippen LogP contribution in [-0.2, 0) is 15.8 Å². The summed E-state index contributed by atoms with van der Waals surface area (Å²) in [5.41, 5.74) is -0.916. The van der Waals surface area contributed by atoms with E-state index in [-0.39, 0.29) is 12.2 Å². The van der Waals surface area contributed by atoms with Gasteiger partial charge in [-0.25, -0.2) is 4.98 Å². The maximum Gasteiger partial charge on any atom is 0.417 e. The maximum atomic E-state index is 12.3. The Morgan fingerprint density at radius 1 is 1.32 bits per heavy atom. The molecule has 2 atom stereocenters. The van der Waals surface area contributed by atoms with Crippen molar-refractivity contribution in [1.29, 1.82) is 0 Å². The SMILES string of the molecule is O=C(O)[C@H]1C[C@H]1C(=O)Nc1ccc(C(F)(F)F)cn1. The molecule has 0 aromatic carbocycles. The molecular formula is C11H9F3N2O3. The summed E-state index contributed by atoms with van der Waals surface area (Å²) >= 11 is 0. The normalized spacial score (nSPS) is 21.8. The molecule has 102 valence electrons. The summed E-state index contributed by atoms with van der Waals surface area (Å²) in [5, 5.41) is 10.9. The summed E-state index contributed by atoms with van der Waals surface area (Å²) in [7, 11) is 0. The van der Waals surface area contributed by atoms with E-state index in [1.807, 2.05) is 0 Å². The number of anilines is 1. The zero-order chi connectivity index (χ0) is 14.2. The molecule has 1 heterocycles. The number of hydrogen-bond acceptors (Lipinski definition) is 3. The molecule has 0 radical (unpaired) electrons. The van der Waals surface area contributed by atoms with Gasteiger partial charge in [0.2, 0.25) is 5.91 Å². The Kier molecular flexibility index (Phi) is 3.17. The van der Waals surface area contributed by atoms with Crippen LogP contribution in [0.3, 0.4) is 0 Å². The topological polar surface area (TPSA) is 79.3 Å². The van der Waals surface area contributed by atoms with Crippen molar-refractivity contribution in [3.8, 4) is 0 Å². The molecule has 1 aromatic heterocycles. The number of aromatic nitrogens is 1. The molecule has 1 aliphatic carbocycles. The molecule has 2 N–H and O–H groups in total. The van der Waals surface area contributed by atoms with E-state index in [1.165, 1.54) is 0 Å². The summed E-state index contributed by atoms with van der Waals surface area (Å²) in [5.74, 6) is -2.98. The molecule has 1 fully saturated rings. The number of pyridine rings is 1. The Morgan fingerprint density at radius 2 is 2.00 bits per heavy atom. The number of carboxylic acid groups (broad SMARTS) is 1. The van der Waals surface area contributed by atoms with E-state index in [1.54, 1.807) is 0 Å². The van der Waals surface area contributed by atoms with Gasteiger partial charge in [0.05, 0.1) is 17.4 Å². The molecular weight excluding hydrogens is 265 g/mol. The largest absolute Gasteiger partial charge is 0.481 e. The average Bonchev–Trinajstić information content (AvgIpc) is 3.08. The first-order valence-corrected chi connectivity index (χ1v) is 5.36. The van der Waals surface area contributed by atoms with Crippen LogP contribution >= 0.6 is 0 Å². The summed E-state index contributed by atoms with van der Waals surface area (Å²) in [6, 6.07) is 1.82. The molecule has 0 spiro atoms. The van der Waals surface area contributed by atoms with Crippen LogP contribution in [0.5, 0.6) is 0 Å². The third kappa shape index (κ3) is 3.01. The number of rotatable bonds is 3. The Bertz CT molecular complexity index is 513. The number of carbonyl (C=O) groups is 2. The molecule has 2 rings (SSSR count). The number of amides is 1. The van der Waals surface area contributed by atoms with Gasteiger partial charge in [0, 0.05) is 6.20 Å². The number of aliphatic carboxylic acids is 1. The van der Waals surface area contributed by atoms with Crippen LogP contribution in [0.4, 0.5) is 19.0 Å². The number of nitrogens with one attached hydrogen (secondary N) is 1. The molecule has 1 saturated carbocycles. The maximum absolute atomic E-state index is 12.3. The fraction of sp³-hybridized carbons (Fsp3) is 0.364. The van der Waals surface area contributed by atoms with Crippen molar-refractivity contribution in [2.24, 2.45) is 11.8 Å². The quantitative estimate of drug-likeness (QED) is 0.880. The standard InChI is InChI=1S/C11H9F3N2O3/c12-11(13,14)5-1-2-8(15-4-5)16-9(17)6-3-7(6)10(18)19/h1-2,4,6-7H,3H2,(H,18,19)(H,15,16,17)/t6-,7+/m1/s1. The highest BCUT2D eigenvalue weighted by Crippen LogP contribution is 2.39. The lowest BCUT2D eigenvalue weighted by molar-refractivity contribution is -0.140. The van der Waals surface area contributed by atoms with E-state index in [2.05, 4.69) is 10.3 Å². The number of alkyl halides is 3. The van der Waals surface area contributed by atoms with Crippen LogP contribution in [0.25, 0.3) is 0 Å². The van der Waals surface area contributed by atoms with Gasteiger partial charge in [0.15, 0.2) is 0 Å². The van der Waals surface area contributed by atoms with Gasteiger partial charge in [-0.1, -0.05) is 0 Å². The molecule has 8 heteroatoms. The minimum atomic E-state index is -4.49. The smallest absolute Gasteiger partial charge is 0.417 e. The van der Waals surface area contributed by atoms with Gasteiger partial charge in [-0.2, -0.15) is 13.2 Å². The first-order valence-electron chi connectivity index (χ1n) is 5.36. The Labute approximate surface area is 105 Å². The molecule has 1 amide bonds. The van der Waals surface area contributed by atoms with Crippen LogP contribution < -0.4 is 5.32 Å². The van der Waals surface area contributed by atoms with E-state index in [0.717, 1.165) is 12.1 Å². The predicted molar refractivity (Wildman–Crippen MR) is 57.1 cm³/mol. The van der Waals surface area contributed by atoms with Crippen molar-refractivity contribution in [3.05, 3.63) is 23.9 Å². The summed E-state index contributed by atoms with van der Waals surface area (Å²) in [4.78, 5) is 25.6. The fourth-order valence-electron chi connectivity index (χ4n) is 1.61. The highest BCUT2D eigenvalue weighted by molar-refractivity contribution is 5.97. The molecule has 19 heavy (non-hydrogen) atoms. The second kappa shape index (κ2) is 4.52. The van der Waals surface area contributed by atoms with Crippen molar-refractivity contribution < 1.29 is 27.9 Å². The van der Waals surface area contributed by atoms with Crippen LogP contribution in [0.2, 0.25) is 0 Å². The van der Waals surface area contributed by atoms with Gasteiger partial charge in [0.25, 0.3) is 0 Å². The number of nitrogens with zero attached hydrogens (tertiary/aromatic N) is 1. The second-order valence-electron chi connectivity index (χ2n) is 4.21. The molecule has 0 bridgehead atoms. The lowest BCUT2D eigenvalue weighted by Gasteiger charge is -2.07.